The molecule has 2 aromatic carbocycles. The van der Waals surface area contributed by atoms with Gasteiger partial charge in [0.2, 0.25) is 0 Å². The summed E-state index contributed by atoms with van der Waals surface area (Å²) < 4.78 is 7.98. The highest BCUT2D eigenvalue weighted by Crippen LogP contribution is 2.40. The summed E-state index contributed by atoms with van der Waals surface area (Å²) in [5, 5.41) is 9.55. The second-order valence-corrected chi connectivity index (χ2v) is 8.77. The number of carbonyl (C=O) groups excluding carboxylic acids is 1. The Kier molecular flexibility index (Phi) is 5.65. The Morgan fingerprint density at radius 1 is 1.09 bits per heavy atom. The van der Waals surface area contributed by atoms with Crippen molar-refractivity contribution in [3.63, 3.8) is 0 Å². The normalized spacial score (nSPS) is 14.2. The minimum Gasteiger partial charge on any atom is -0.478 e. The number of hydrogen-bond donors (Lipinski definition) is 1. The molecule has 172 valence electrons. The van der Waals surface area contributed by atoms with Crippen LogP contribution in [0.25, 0.3) is 16.8 Å². The number of esters is 1. The summed E-state index contributed by atoms with van der Waals surface area (Å²) in [5.74, 6) is -0.748. The standard InChI is InChI=1S/C28H26N2O4/c1-3-25(31)34-26(24-15-8-17(2)27-29-23(16-30(24)27)19-11-12-19)20-13-9-18(10-14-20)21-6-4-5-7-22(21)28(32)33/h4-10,13-16,19,26H,3,11-12H2,1-2H3,(H,32,33). The molecule has 0 spiro atoms. The van der Waals surface area contributed by atoms with E-state index in [1.165, 1.54) is 0 Å². The van der Waals surface area contributed by atoms with E-state index in [0.29, 0.717) is 11.5 Å². The van der Waals surface area contributed by atoms with Gasteiger partial charge in [-0.05, 0) is 54.2 Å². The first-order valence-electron chi connectivity index (χ1n) is 11.6. The monoisotopic (exact) mass is 454 g/mol. The Balaban J connectivity index is 1.58. The highest BCUT2D eigenvalue weighted by Gasteiger charge is 2.28. The number of hydrogen-bond acceptors (Lipinski definition) is 4. The van der Waals surface area contributed by atoms with Crippen LogP contribution >= 0.6 is 0 Å². The Bertz CT molecular complexity index is 1380. The van der Waals surface area contributed by atoms with Crippen molar-refractivity contribution >= 4 is 17.6 Å². The quantitative estimate of drug-likeness (QED) is 0.350. The first-order valence-corrected chi connectivity index (χ1v) is 11.6. The third-order valence-corrected chi connectivity index (χ3v) is 6.34. The van der Waals surface area contributed by atoms with Gasteiger partial charge >= 0.3 is 11.9 Å². The van der Waals surface area contributed by atoms with E-state index in [0.717, 1.165) is 46.6 Å². The molecule has 0 radical (unpaired) electrons. The molecule has 6 heteroatoms. The van der Waals surface area contributed by atoms with Crippen molar-refractivity contribution in [2.45, 2.75) is 45.1 Å². The average molecular weight is 455 g/mol. The van der Waals surface area contributed by atoms with Crippen LogP contribution in [-0.2, 0) is 9.53 Å². The lowest BCUT2D eigenvalue weighted by Gasteiger charge is -2.21. The van der Waals surface area contributed by atoms with Crippen LogP contribution in [-0.4, -0.2) is 26.4 Å². The molecule has 0 aliphatic heterocycles. The number of pyridine rings is 1. The molecule has 1 fully saturated rings. The van der Waals surface area contributed by atoms with E-state index in [9.17, 15) is 14.7 Å². The molecule has 1 saturated carbocycles. The van der Waals surface area contributed by atoms with Gasteiger partial charge in [0, 0.05) is 18.5 Å². The van der Waals surface area contributed by atoms with E-state index in [2.05, 4.69) is 6.20 Å². The summed E-state index contributed by atoms with van der Waals surface area (Å²) in [6.45, 7) is 3.81. The number of aromatic carboxylic acids is 1. The van der Waals surface area contributed by atoms with Crippen LogP contribution < -0.4 is 0 Å². The fourth-order valence-electron chi connectivity index (χ4n) is 4.30. The fraction of sp³-hybridized carbons (Fsp3) is 0.250. The summed E-state index contributed by atoms with van der Waals surface area (Å²) in [7, 11) is 0. The second-order valence-electron chi connectivity index (χ2n) is 8.77. The zero-order chi connectivity index (χ0) is 23.8. The van der Waals surface area contributed by atoms with E-state index in [1.807, 2.05) is 53.8 Å². The lowest BCUT2D eigenvalue weighted by Crippen LogP contribution is -2.15. The number of aromatic nitrogens is 2. The van der Waals surface area contributed by atoms with Gasteiger partial charge in [-0.1, -0.05) is 55.5 Å². The lowest BCUT2D eigenvalue weighted by atomic mass is 9.96. The summed E-state index contributed by atoms with van der Waals surface area (Å²) in [6.07, 6.45) is 4.05. The van der Waals surface area contributed by atoms with E-state index in [4.69, 9.17) is 9.72 Å². The van der Waals surface area contributed by atoms with Crippen molar-refractivity contribution in [3.05, 3.63) is 94.9 Å². The number of imidazole rings is 1. The number of fused-ring (bicyclic) bond motifs is 1. The van der Waals surface area contributed by atoms with Gasteiger partial charge in [-0.2, -0.15) is 0 Å². The van der Waals surface area contributed by atoms with Gasteiger partial charge < -0.3 is 9.84 Å². The summed E-state index contributed by atoms with van der Waals surface area (Å²) in [6, 6.07) is 18.5. The van der Waals surface area contributed by atoms with Crippen LogP contribution in [0.1, 0.15) is 71.1 Å². The van der Waals surface area contributed by atoms with Crippen molar-refractivity contribution < 1.29 is 19.4 Å². The molecule has 5 rings (SSSR count). The molecule has 0 saturated heterocycles. The smallest absolute Gasteiger partial charge is 0.336 e. The minimum absolute atomic E-state index is 0.246. The highest BCUT2D eigenvalue weighted by atomic mass is 16.5. The number of aryl methyl sites for hydroxylation is 1. The van der Waals surface area contributed by atoms with Crippen molar-refractivity contribution in [2.75, 3.05) is 0 Å². The molecule has 34 heavy (non-hydrogen) atoms. The Labute approximate surface area is 197 Å². The summed E-state index contributed by atoms with van der Waals surface area (Å²) in [5.41, 5.74) is 6.35. The molecule has 2 aromatic heterocycles. The van der Waals surface area contributed by atoms with E-state index >= 15 is 0 Å². The number of nitrogens with zero attached hydrogens (tertiary/aromatic N) is 2. The first-order chi connectivity index (χ1) is 16.5. The molecule has 2 heterocycles. The van der Waals surface area contributed by atoms with Crippen LogP contribution in [0.15, 0.2) is 66.9 Å². The van der Waals surface area contributed by atoms with Gasteiger partial charge in [-0.3, -0.25) is 9.20 Å². The molecule has 0 bridgehead atoms. The van der Waals surface area contributed by atoms with Gasteiger partial charge in [-0.25, -0.2) is 9.78 Å². The zero-order valence-electron chi connectivity index (χ0n) is 19.2. The van der Waals surface area contributed by atoms with Crippen LogP contribution in [0.2, 0.25) is 0 Å². The molecule has 0 amide bonds. The predicted octanol–water partition coefficient (Wildman–Crippen LogP) is 5.93. The molecular formula is C28H26N2O4. The SMILES string of the molecule is CCC(=O)OC(c1ccc(-c2ccccc2C(=O)O)cc1)c1ccc(C)c2nc(C3CC3)cn12. The number of rotatable bonds is 7. The lowest BCUT2D eigenvalue weighted by molar-refractivity contribution is -0.147. The van der Waals surface area contributed by atoms with Crippen molar-refractivity contribution in [1.29, 1.82) is 0 Å². The third kappa shape index (κ3) is 4.07. The molecule has 6 nitrogen and oxygen atoms in total. The number of carbonyl (C=O) groups is 2. The number of carboxylic acid groups (broad SMARTS) is 1. The maximum atomic E-state index is 12.4. The average Bonchev–Trinajstić information content (AvgIpc) is 3.61. The van der Waals surface area contributed by atoms with Crippen LogP contribution in [0.5, 0.6) is 0 Å². The molecule has 1 aliphatic carbocycles. The molecule has 1 N–H and O–H groups in total. The van der Waals surface area contributed by atoms with Gasteiger partial charge in [0.25, 0.3) is 0 Å². The van der Waals surface area contributed by atoms with E-state index < -0.39 is 12.1 Å². The van der Waals surface area contributed by atoms with Gasteiger partial charge in [0.1, 0.15) is 5.65 Å². The van der Waals surface area contributed by atoms with Crippen LogP contribution in [0.3, 0.4) is 0 Å². The largest absolute Gasteiger partial charge is 0.478 e. The summed E-state index contributed by atoms with van der Waals surface area (Å²) >= 11 is 0. The minimum atomic E-state index is -0.969. The van der Waals surface area contributed by atoms with Crippen molar-refractivity contribution in [1.82, 2.24) is 9.38 Å². The van der Waals surface area contributed by atoms with Crippen molar-refractivity contribution in [3.8, 4) is 11.1 Å². The molecule has 1 unspecified atom stereocenters. The van der Waals surface area contributed by atoms with E-state index in [-0.39, 0.29) is 18.0 Å². The predicted molar refractivity (Wildman–Crippen MR) is 129 cm³/mol. The van der Waals surface area contributed by atoms with Crippen LogP contribution in [0.4, 0.5) is 0 Å². The Morgan fingerprint density at radius 3 is 2.50 bits per heavy atom. The topological polar surface area (TPSA) is 80.9 Å². The molecular weight excluding hydrogens is 428 g/mol. The Morgan fingerprint density at radius 2 is 1.82 bits per heavy atom. The fourth-order valence-corrected chi connectivity index (χ4v) is 4.30. The summed E-state index contributed by atoms with van der Waals surface area (Å²) in [4.78, 5) is 28.9. The molecule has 1 aliphatic rings. The number of benzene rings is 2. The van der Waals surface area contributed by atoms with Gasteiger partial charge in [0.05, 0.1) is 17.0 Å². The maximum Gasteiger partial charge on any atom is 0.336 e. The number of carboxylic acids is 1. The van der Waals surface area contributed by atoms with Crippen LogP contribution in [0, 0.1) is 6.92 Å². The van der Waals surface area contributed by atoms with Gasteiger partial charge in [0.15, 0.2) is 6.10 Å². The molecule has 1 atom stereocenters. The second kappa shape index (κ2) is 8.78. The first kappa shape index (κ1) is 21.9. The zero-order valence-corrected chi connectivity index (χ0v) is 19.2. The highest BCUT2D eigenvalue weighted by molar-refractivity contribution is 5.96. The molecule has 4 aromatic rings. The maximum absolute atomic E-state index is 12.4. The van der Waals surface area contributed by atoms with Crippen molar-refractivity contribution in [2.24, 2.45) is 0 Å². The Hall–Kier alpha value is -3.93. The van der Waals surface area contributed by atoms with E-state index in [1.54, 1.807) is 25.1 Å². The van der Waals surface area contributed by atoms with Gasteiger partial charge in [-0.15, -0.1) is 0 Å². The number of ether oxygens (including phenoxy) is 1. The third-order valence-electron chi connectivity index (χ3n) is 6.34.